The third-order valence-corrected chi connectivity index (χ3v) is 2.00. The number of carbonyl (C=O) groups is 2. The van der Waals surface area contributed by atoms with Gasteiger partial charge in [0.15, 0.2) is 0 Å². The molecule has 0 aliphatic heterocycles. The molecule has 6 nitrogen and oxygen atoms in total. The van der Waals surface area contributed by atoms with Crippen molar-refractivity contribution in [3.63, 3.8) is 0 Å². The van der Waals surface area contributed by atoms with E-state index < -0.39 is 12.2 Å². The summed E-state index contributed by atoms with van der Waals surface area (Å²) in [6.45, 7) is 3.53. The normalized spacial score (nSPS) is 13.5. The highest BCUT2D eigenvalue weighted by atomic mass is 16.6. The van der Waals surface area contributed by atoms with Crippen LogP contribution >= 0.6 is 0 Å². The van der Waals surface area contributed by atoms with Crippen LogP contribution in [0.1, 0.15) is 20.3 Å². The van der Waals surface area contributed by atoms with Crippen LogP contribution in [0.15, 0.2) is 0 Å². The van der Waals surface area contributed by atoms with Gasteiger partial charge in [0.25, 0.3) is 0 Å². The molecule has 0 aliphatic rings. The molecule has 0 aromatic heterocycles. The fraction of sp³-hybridized carbons (Fsp3) is 0.818. The van der Waals surface area contributed by atoms with Gasteiger partial charge in [0.1, 0.15) is 12.2 Å². The summed E-state index contributed by atoms with van der Waals surface area (Å²) >= 11 is 0. The van der Waals surface area contributed by atoms with Gasteiger partial charge in [-0.15, -0.1) is 0 Å². The summed E-state index contributed by atoms with van der Waals surface area (Å²) in [7, 11) is 6.46. The fourth-order valence-corrected chi connectivity index (χ4v) is 1.12. The summed E-state index contributed by atoms with van der Waals surface area (Å²) < 4.78 is 10.2. The van der Waals surface area contributed by atoms with Crippen LogP contribution in [0.25, 0.3) is 0 Å². The van der Waals surface area contributed by atoms with Crippen LogP contribution in [0, 0.1) is 0 Å². The fourth-order valence-electron chi connectivity index (χ4n) is 1.12. The molecular weight excluding hydrogens is 224 g/mol. The highest BCUT2D eigenvalue weighted by Gasteiger charge is 2.17. The van der Waals surface area contributed by atoms with Gasteiger partial charge in [0.05, 0.1) is 0 Å². The number of rotatable bonds is 4. The van der Waals surface area contributed by atoms with Gasteiger partial charge in [0, 0.05) is 34.6 Å². The molecule has 2 atom stereocenters. The van der Waals surface area contributed by atoms with Crippen LogP contribution in [-0.4, -0.2) is 62.4 Å². The molecule has 0 spiro atoms. The van der Waals surface area contributed by atoms with Crippen LogP contribution in [-0.2, 0) is 9.47 Å². The van der Waals surface area contributed by atoms with E-state index in [1.54, 1.807) is 42.0 Å². The summed E-state index contributed by atoms with van der Waals surface area (Å²) in [5.41, 5.74) is 0. The zero-order valence-corrected chi connectivity index (χ0v) is 11.4. The SMILES string of the molecule is CC(CC(C)OC(=O)N(C)C)OC(=O)N(C)C. The number of nitrogens with zero attached hydrogens (tertiary/aromatic N) is 2. The predicted octanol–water partition coefficient (Wildman–Crippen LogP) is 1.55. The summed E-state index contributed by atoms with van der Waals surface area (Å²) in [6.07, 6.45) is -0.920. The highest BCUT2D eigenvalue weighted by molar-refractivity contribution is 5.67. The maximum absolute atomic E-state index is 11.3. The third kappa shape index (κ3) is 6.65. The lowest BCUT2D eigenvalue weighted by atomic mass is 10.2. The van der Waals surface area contributed by atoms with Crippen molar-refractivity contribution in [2.75, 3.05) is 28.2 Å². The van der Waals surface area contributed by atoms with E-state index in [0.717, 1.165) is 0 Å². The molecule has 6 heteroatoms. The second-order valence-electron chi connectivity index (χ2n) is 4.41. The minimum atomic E-state index is -0.399. The van der Waals surface area contributed by atoms with Gasteiger partial charge in [-0.2, -0.15) is 0 Å². The van der Waals surface area contributed by atoms with E-state index >= 15 is 0 Å². The number of amides is 2. The van der Waals surface area contributed by atoms with Gasteiger partial charge in [-0.3, -0.25) is 0 Å². The number of hydrogen-bond acceptors (Lipinski definition) is 4. The number of hydrogen-bond donors (Lipinski definition) is 0. The quantitative estimate of drug-likeness (QED) is 0.755. The molecule has 100 valence electrons. The summed E-state index contributed by atoms with van der Waals surface area (Å²) in [4.78, 5) is 25.2. The van der Waals surface area contributed by atoms with Crippen molar-refractivity contribution in [3.05, 3.63) is 0 Å². The van der Waals surface area contributed by atoms with Gasteiger partial charge in [-0.25, -0.2) is 9.59 Å². The Labute approximate surface area is 102 Å². The monoisotopic (exact) mass is 246 g/mol. The molecule has 0 aromatic rings. The van der Waals surface area contributed by atoms with Crippen LogP contribution in [0.2, 0.25) is 0 Å². The van der Waals surface area contributed by atoms with Crippen molar-refractivity contribution in [2.45, 2.75) is 32.5 Å². The Morgan fingerprint density at radius 1 is 0.882 bits per heavy atom. The summed E-state index contributed by atoms with van der Waals surface area (Å²) in [5, 5.41) is 0. The average Bonchev–Trinajstić information content (AvgIpc) is 2.16. The maximum Gasteiger partial charge on any atom is 0.409 e. The Balaban J connectivity index is 4.00. The molecule has 17 heavy (non-hydrogen) atoms. The van der Waals surface area contributed by atoms with Crippen molar-refractivity contribution in [3.8, 4) is 0 Å². The van der Waals surface area contributed by atoms with E-state index in [2.05, 4.69) is 0 Å². The van der Waals surface area contributed by atoms with Crippen molar-refractivity contribution < 1.29 is 19.1 Å². The molecule has 2 unspecified atom stereocenters. The van der Waals surface area contributed by atoms with Gasteiger partial charge < -0.3 is 19.3 Å². The van der Waals surface area contributed by atoms with E-state index in [4.69, 9.17) is 9.47 Å². The van der Waals surface area contributed by atoms with E-state index in [9.17, 15) is 9.59 Å². The lowest BCUT2D eigenvalue weighted by Crippen LogP contribution is -2.31. The first-order valence-electron chi connectivity index (χ1n) is 5.50. The van der Waals surface area contributed by atoms with Crippen LogP contribution in [0.3, 0.4) is 0 Å². The maximum atomic E-state index is 11.3. The van der Waals surface area contributed by atoms with Gasteiger partial charge in [-0.1, -0.05) is 0 Å². The topological polar surface area (TPSA) is 59.1 Å². The number of ether oxygens (including phenoxy) is 2. The smallest absolute Gasteiger partial charge is 0.409 e. The molecule has 0 aromatic carbocycles. The van der Waals surface area contributed by atoms with Crippen molar-refractivity contribution in [1.82, 2.24) is 9.80 Å². The second kappa shape index (κ2) is 6.98. The lowest BCUT2D eigenvalue weighted by Gasteiger charge is -2.21. The summed E-state index contributed by atoms with van der Waals surface area (Å²) in [6, 6.07) is 0. The van der Waals surface area contributed by atoms with Crippen LogP contribution in [0.5, 0.6) is 0 Å². The molecule has 0 radical (unpaired) electrons. The van der Waals surface area contributed by atoms with Crippen molar-refractivity contribution >= 4 is 12.2 Å². The first kappa shape index (κ1) is 15.5. The van der Waals surface area contributed by atoms with E-state index in [1.807, 2.05) is 0 Å². The Kier molecular flexibility index (Phi) is 6.38. The van der Waals surface area contributed by atoms with Crippen molar-refractivity contribution in [1.29, 1.82) is 0 Å². The standard InChI is InChI=1S/C11H22N2O4/c1-8(16-10(14)12(3)4)7-9(2)17-11(15)13(5)6/h8-9H,7H2,1-6H3. The first-order valence-corrected chi connectivity index (χ1v) is 5.50. The molecule has 0 saturated carbocycles. The average molecular weight is 246 g/mol. The molecule has 0 saturated heterocycles. The largest absolute Gasteiger partial charge is 0.446 e. The minimum Gasteiger partial charge on any atom is -0.446 e. The van der Waals surface area contributed by atoms with Crippen molar-refractivity contribution in [2.24, 2.45) is 0 Å². The Bertz CT molecular complexity index is 240. The zero-order valence-electron chi connectivity index (χ0n) is 11.4. The Morgan fingerprint density at radius 2 is 1.18 bits per heavy atom. The molecular formula is C11H22N2O4. The van der Waals surface area contributed by atoms with Gasteiger partial charge in [0.2, 0.25) is 0 Å². The molecule has 0 rings (SSSR count). The second-order valence-corrected chi connectivity index (χ2v) is 4.41. The van der Waals surface area contributed by atoms with Gasteiger partial charge >= 0.3 is 12.2 Å². The van der Waals surface area contributed by atoms with Crippen LogP contribution < -0.4 is 0 Å². The zero-order chi connectivity index (χ0) is 13.6. The third-order valence-electron chi connectivity index (χ3n) is 2.00. The molecule has 0 heterocycles. The molecule has 0 bridgehead atoms. The molecule has 0 fully saturated rings. The van der Waals surface area contributed by atoms with Crippen LogP contribution in [0.4, 0.5) is 9.59 Å². The Morgan fingerprint density at radius 3 is 1.41 bits per heavy atom. The Hall–Kier alpha value is -1.46. The first-order chi connectivity index (χ1) is 7.73. The van der Waals surface area contributed by atoms with E-state index in [1.165, 1.54) is 9.80 Å². The van der Waals surface area contributed by atoms with E-state index in [-0.39, 0.29) is 12.2 Å². The van der Waals surface area contributed by atoms with E-state index in [0.29, 0.717) is 6.42 Å². The minimum absolute atomic E-state index is 0.296. The summed E-state index contributed by atoms with van der Waals surface area (Å²) in [5.74, 6) is 0. The predicted molar refractivity (Wildman–Crippen MR) is 63.9 cm³/mol. The lowest BCUT2D eigenvalue weighted by molar-refractivity contribution is 0.0345. The number of carbonyl (C=O) groups excluding carboxylic acids is 2. The van der Waals surface area contributed by atoms with Gasteiger partial charge in [-0.05, 0) is 13.8 Å². The highest BCUT2D eigenvalue weighted by Crippen LogP contribution is 2.08. The molecule has 0 aliphatic carbocycles. The molecule has 0 N–H and O–H groups in total. The molecule has 2 amide bonds.